The van der Waals surface area contributed by atoms with Gasteiger partial charge in [0.25, 0.3) is 11.5 Å². The maximum atomic E-state index is 12.8. The molecule has 2 aromatic heterocycles. The second-order valence-electron chi connectivity index (χ2n) is 5.59. The first-order chi connectivity index (χ1) is 11.4. The Kier molecular flexibility index (Phi) is 3.84. The summed E-state index contributed by atoms with van der Waals surface area (Å²) >= 11 is 0. The van der Waals surface area contributed by atoms with Crippen LogP contribution in [0.5, 0.6) is 0 Å². The van der Waals surface area contributed by atoms with Gasteiger partial charge in [-0.3, -0.25) is 14.3 Å². The predicted molar refractivity (Wildman–Crippen MR) is 89.7 cm³/mol. The molecule has 0 fully saturated rings. The molecule has 1 aromatic carbocycles. The van der Waals surface area contributed by atoms with Gasteiger partial charge in [-0.05, 0) is 32.9 Å². The number of rotatable bonds is 3. The topological polar surface area (TPSA) is 82.1 Å². The van der Waals surface area contributed by atoms with Gasteiger partial charge in [-0.25, -0.2) is 4.68 Å². The van der Waals surface area contributed by atoms with Crippen LogP contribution in [0.3, 0.4) is 0 Å². The van der Waals surface area contributed by atoms with Gasteiger partial charge in [0.15, 0.2) is 0 Å². The number of para-hydroxylation sites is 1. The van der Waals surface area contributed by atoms with Crippen molar-refractivity contribution in [3.8, 4) is 5.69 Å². The normalized spacial score (nSPS) is 10.8. The summed E-state index contributed by atoms with van der Waals surface area (Å²) in [5, 5.41) is 6.47. The highest BCUT2D eigenvalue weighted by Crippen LogP contribution is 2.17. The molecule has 0 unspecified atom stereocenters. The van der Waals surface area contributed by atoms with Crippen LogP contribution in [0.4, 0.5) is 5.69 Å². The van der Waals surface area contributed by atoms with Gasteiger partial charge in [0.2, 0.25) is 0 Å². The van der Waals surface area contributed by atoms with E-state index in [0.29, 0.717) is 22.7 Å². The van der Waals surface area contributed by atoms with E-state index < -0.39 is 5.91 Å². The van der Waals surface area contributed by atoms with Crippen molar-refractivity contribution in [1.82, 2.24) is 14.5 Å². The molecular formula is C17H18N4O3. The molecule has 24 heavy (non-hydrogen) atoms. The van der Waals surface area contributed by atoms with E-state index in [1.54, 1.807) is 32.5 Å². The second kappa shape index (κ2) is 5.84. The summed E-state index contributed by atoms with van der Waals surface area (Å²) in [6.45, 7) is 5.13. The molecule has 7 heteroatoms. The van der Waals surface area contributed by atoms with Crippen molar-refractivity contribution in [3.63, 3.8) is 0 Å². The number of aromatic nitrogens is 3. The fraction of sp³-hybridized carbons (Fsp3) is 0.235. The zero-order valence-corrected chi connectivity index (χ0v) is 14.0. The summed E-state index contributed by atoms with van der Waals surface area (Å²) in [4.78, 5) is 25.3. The molecular weight excluding hydrogens is 308 g/mol. The first kappa shape index (κ1) is 15.8. The lowest BCUT2D eigenvalue weighted by Gasteiger charge is -2.07. The Morgan fingerprint density at radius 2 is 1.83 bits per heavy atom. The Hall–Kier alpha value is -3.09. The average Bonchev–Trinajstić information content (AvgIpc) is 3.00. The number of hydrogen-bond acceptors (Lipinski definition) is 4. The highest BCUT2D eigenvalue weighted by molar-refractivity contribution is 6.05. The lowest BCUT2D eigenvalue weighted by Crippen LogP contribution is -2.23. The zero-order chi connectivity index (χ0) is 17.4. The molecule has 0 radical (unpaired) electrons. The Bertz CT molecular complexity index is 944. The average molecular weight is 326 g/mol. The Morgan fingerprint density at radius 1 is 1.17 bits per heavy atom. The van der Waals surface area contributed by atoms with Crippen LogP contribution >= 0.6 is 0 Å². The van der Waals surface area contributed by atoms with Crippen LogP contribution in [0.1, 0.15) is 27.5 Å². The van der Waals surface area contributed by atoms with Crippen LogP contribution in [0.25, 0.3) is 5.69 Å². The van der Waals surface area contributed by atoms with Gasteiger partial charge in [0, 0.05) is 7.05 Å². The molecule has 0 aliphatic rings. The van der Waals surface area contributed by atoms with Crippen molar-refractivity contribution < 1.29 is 9.32 Å². The van der Waals surface area contributed by atoms with E-state index in [1.165, 1.54) is 4.68 Å². The highest BCUT2D eigenvalue weighted by Gasteiger charge is 2.22. The fourth-order valence-corrected chi connectivity index (χ4v) is 2.70. The smallest absolute Gasteiger partial charge is 0.295 e. The van der Waals surface area contributed by atoms with E-state index in [4.69, 9.17) is 4.52 Å². The standard InChI is InChI=1S/C17H18N4O3/c1-10-14(12(3)24-19-10)16(22)18-15-11(2)20(4)21(17(15)23)13-8-6-5-7-9-13/h5-9H,1-4H3,(H,18,22). The van der Waals surface area contributed by atoms with E-state index >= 15 is 0 Å². The first-order valence-electron chi connectivity index (χ1n) is 7.50. The summed E-state index contributed by atoms with van der Waals surface area (Å²) in [6, 6.07) is 9.25. The monoisotopic (exact) mass is 326 g/mol. The SMILES string of the molecule is Cc1noc(C)c1C(=O)Nc1c(C)n(C)n(-c2ccccc2)c1=O. The number of benzene rings is 1. The molecule has 124 valence electrons. The summed E-state index contributed by atoms with van der Waals surface area (Å²) in [5.74, 6) is 0.0132. The number of anilines is 1. The highest BCUT2D eigenvalue weighted by atomic mass is 16.5. The largest absolute Gasteiger partial charge is 0.361 e. The van der Waals surface area contributed by atoms with Gasteiger partial charge >= 0.3 is 0 Å². The Balaban J connectivity index is 2.05. The molecule has 0 atom stereocenters. The van der Waals surface area contributed by atoms with E-state index in [9.17, 15) is 9.59 Å². The van der Waals surface area contributed by atoms with E-state index in [1.807, 2.05) is 30.3 Å². The quantitative estimate of drug-likeness (QED) is 0.801. The van der Waals surface area contributed by atoms with E-state index in [-0.39, 0.29) is 11.2 Å². The van der Waals surface area contributed by atoms with Gasteiger partial charge < -0.3 is 9.84 Å². The lowest BCUT2D eigenvalue weighted by molar-refractivity contribution is 0.102. The first-order valence-corrected chi connectivity index (χ1v) is 7.50. The molecule has 1 N–H and O–H groups in total. The molecule has 1 amide bonds. The molecule has 0 saturated heterocycles. The third-order valence-electron chi connectivity index (χ3n) is 4.05. The van der Waals surface area contributed by atoms with Crippen LogP contribution < -0.4 is 10.9 Å². The third-order valence-corrected chi connectivity index (χ3v) is 4.05. The molecule has 0 saturated carbocycles. The number of carbonyl (C=O) groups excluding carboxylic acids is 1. The van der Waals surface area contributed by atoms with Crippen molar-refractivity contribution in [2.75, 3.05) is 5.32 Å². The molecule has 0 aliphatic heterocycles. The number of nitrogens with zero attached hydrogens (tertiary/aromatic N) is 3. The lowest BCUT2D eigenvalue weighted by atomic mass is 10.2. The number of aryl methyl sites for hydroxylation is 2. The van der Waals surface area contributed by atoms with Crippen LogP contribution in [0.2, 0.25) is 0 Å². The van der Waals surface area contributed by atoms with Crippen molar-refractivity contribution >= 4 is 11.6 Å². The number of hydrogen-bond donors (Lipinski definition) is 1. The summed E-state index contributed by atoms with van der Waals surface area (Å²) in [5.41, 5.74) is 2.17. The fourth-order valence-electron chi connectivity index (χ4n) is 2.70. The minimum atomic E-state index is -0.405. The molecule has 0 aliphatic carbocycles. The molecule has 2 heterocycles. The third kappa shape index (κ3) is 2.44. The van der Waals surface area contributed by atoms with Gasteiger partial charge in [-0.2, -0.15) is 0 Å². The zero-order valence-electron chi connectivity index (χ0n) is 14.0. The van der Waals surface area contributed by atoms with Crippen molar-refractivity contribution in [3.05, 3.63) is 63.4 Å². The Labute approximate surface area is 138 Å². The van der Waals surface area contributed by atoms with Crippen LogP contribution in [-0.2, 0) is 7.05 Å². The van der Waals surface area contributed by atoms with Gasteiger partial charge in [-0.15, -0.1) is 0 Å². The summed E-state index contributed by atoms with van der Waals surface area (Å²) in [7, 11) is 1.77. The van der Waals surface area contributed by atoms with Crippen molar-refractivity contribution in [2.45, 2.75) is 20.8 Å². The van der Waals surface area contributed by atoms with Gasteiger partial charge in [0.05, 0.1) is 17.1 Å². The molecule has 0 spiro atoms. The minimum absolute atomic E-state index is 0.242. The molecule has 3 aromatic rings. The van der Waals surface area contributed by atoms with E-state index in [2.05, 4.69) is 10.5 Å². The maximum absolute atomic E-state index is 12.8. The van der Waals surface area contributed by atoms with Crippen LogP contribution in [0, 0.1) is 20.8 Å². The Morgan fingerprint density at radius 3 is 2.42 bits per heavy atom. The summed E-state index contributed by atoms with van der Waals surface area (Å²) < 4.78 is 8.23. The number of amides is 1. The van der Waals surface area contributed by atoms with Crippen LogP contribution in [-0.4, -0.2) is 20.4 Å². The van der Waals surface area contributed by atoms with E-state index in [0.717, 1.165) is 5.69 Å². The molecule has 7 nitrogen and oxygen atoms in total. The minimum Gasteiger partial charge on any atom is -0.361 e. The number of nitrogens with one attached hydrogen (secondary N) is 1. The molecule has 0 bridgehead atoms. The number of carbonyl (C=O) groups is 1. The van der Waals surface area contributed by atoms with Crippen molar-refractivity contribution in [1.29, 1.82) is 0 Å². The van der Waals surface area contributed by atoms with Gasteiger partial charge in [-0.1, -0.05) is 23.4 Å². The summed E-state index contributed by atoms with van der Waals surface area (Å²) in [6.07, 6.45) is 0. The second-order valence-corrected chi connectivity index (χ2v) is 5.59. The van der Waals surface area contributed by atoms with Crippen LogP contribution in [0.15, 0.2) is 39.6 Å². The predicted octanol–water partition coefficient (Wildman–Crippen LogP) is 2.34. The van der Waals surface area contributed by atoms with Crippen molar-refractivity contribution in [2.24, 2.45) is 7.05 Å². The van der Waals surface area contributed by atoms with Gasteiger partial charge in [0.1, 0.15) is 17.0 Å². The maximum Gasteiger partial charge on any atom is 0.295 e. The molecule has 3 rings (SSSR count).